The quantitative estimate of drug-likeness (QED) is 0.562. The van der Waals surface area contributed by atoms with Gasteiger partial charge in [0.2, 0.25) is 0 Å². The van der Waals surface area contributed by atoms with Gasteiger partial charge in [0.05, 0.1) is 30.9 Å². The fourth-order valence-corrected chi connectivity index (χ4v) is 2.27. The fourth-order valence-electron chi connectivity index (χ4n) is 2.27. The van der Waals surface area contributed by atoms with Crippen LogP contribution >= 0.6 is 0 Å². The lowest BCUT2D eigenvalue weighted by atomic mass is 10.1. The van der Waals surface area contributed by atoms with Gasteiger partial charge in [-0.05, 0) is 29.1 Å². The molecule has 116 valence electrons. The van der Waals surface area contributed by atoms with Crippen LogP contribution in [0.5, 0.6) is 5.75 Å². The molecule has 0 fully saturated rings. The number of aromatic nitrogens is 1. The summed E-state index contributed by atoms with van der Waals surface area (Å²) in [5, 5.41) is 5.04. The number of hydrazone groups is 1. The molecule has 0 saturated carbocycles. The predicted molar refractivity (Wildman–Crippen MR) is 92.0 cm³/mol. The standard InChI is InChI=1S/C18H17N3O2/c1-23-16-8-7-14-9-15(18(22)21-17(14)10-16)12-20-19-11-13-5-3-2-4-6-13/h2-10,12,19H,11H2,1H3,(H,21,22). The van der Waals surface area contributed by atoms with Crippen LogP contribution < -0.4 is 15.7 Å². The second kappa shape index (κ2) is 6.79. The van der Waals surface area contributed by atoms with Crippen LogP contribution in [0.1, 0.15) is 11.1 Å². The molecule has 3 rings (SSSR count). The Kier molecular flexibility index (Phi) is 4.38. The highest BCUT2D eigenvalue weighted by atomic mass is 16.5. The molecule has 2 N–H and O–H groups in total. The number of nitrogens with zero attached hydrogens (tertiary/aromatic N) is 1. The van der Waals surface area contributed by atoms with Gasteiger partial charge in [-0.1, -0.05) is 30.3 Å². The molecule has 0 atom stereocenters. The molecule has 0 bridgehead atoms. The highest BCUT2D eigenvalue weighted by molar-refractivity contribution is 5.88. The molecule has 5 heteroatoms. The summed E-state index contributed by atoms with van der Waals surface area (Å²) in [6.07, 6.45) is 1.53. The zero-order chi connectivity index (χ0) is 16.1. The van der Waals surface area contributed by atoms with Crippen LogP contribution in [0.25, 0.3) is 10.9 Å². The molecule has 0 radical (unpaired) electrons. The average Bonchev–Trinajstić information content (AvgIpc) is 2.59. The number of H-pyrrole nitrogens is 1. The first-order chi connectivity index (χ1) is 11.3. The van der Waals surface area contributed by atoms with Crippen LogP contribution in [0, 0.1) is 0 Å². The first kappa shape index (κ1) is 14.8. The zero-order valence-electron chi connectivity index (χ0n) is 12.7. The van der Waals surface area contributed by atoms with Crippen molar-refractivity contribution in [2.45, 2.75) is 6.54 Å². The second-order valence-electron chi connectivity index (χ2n) is 5.09. The maximum atomic E-state index is 12.1. The topological polar surface area (TPSA) is 66.5 Å². The molecule has 0 aliphatic carbocycles. The number of benzene rings is 2. The highest BCUT2D eigenvalue weighted by Crippen LogP contribution is 2.18. The van der Waals surface area contributed by atoms with Crippen molar-refractivity contribution in [2.24, 2.45) is 5.10 Å². The van der Waals surface area contributed by atoms with Crippen molar-refractivity contribution in [3.63, 3.8) is 0 Å². The number of nitrogens with one attached hydrogen (secondary N) is 2. The van der Waals surface area contributed by atoms with Crippen LogP contribution in [0.3, 0.4) is 0 Å². The Labute approximate surface area is 133 Å². The molecule has 0 spiro atoms. The molecule has 23 heavy (non-hydrogen) atoms. The van der Waals surface area contributed by atoms with Crippen molar-refractivity contribution < 1.29 is 4.74 Å². The highest BCUT2D eigenvalue weighted by Gasteiger charge is 2.02. The van der Waals surface area contributed by atoms with E-state index in [1.54, 1.807) is 19.2 Å². The van der Waals surface area contributed by atoms with Crippen LogP contribution in [0.4, 0.5) is 0 Å². The van der Waals surface area contributed by atoms with E-state index in [-0.39, 0.29) is 5.56 Å². The van der Waals surface area contributed by atoms with Crippen LogP contribution in [0.15, 0.2) is 64.5 Å². The lowest BCUT2D eigenvalue weighted by molar-refractivity contribution is 0.415. The van der Waals surface area contributed by atoms with Gasteiger partial charge >= 0.3 is 0 Å². The summed E-state index contributed by atoms with van der Waals surface area (Å²) in [4.78, 5) is 14.9. The molecular formula is C18H17N3O2. The van der Waals surface area contributed by atoms with E-state index in [0.29, 0.717) is 17.9 Å². The maximum Gasteiger partial charge on any atom is 0.257 e. The number of hydrogen-bond acceptors (Lipinski definition) is 4. The first-order valence-corrected chi connectivity index (χ1v) is 7.27. The van der Waals surface area contributed by atoms with E-state index < -0.39 is 0 Å². The van der Waals surface area contributed by atoms with Gasteiger partial charge in [-0.3, -0.25) is 4.79 Å². The number of aromatic amines is 1. The Hall–Kier alpha value is -3.08. The van der Waals surface area contributed by atoms with Crippen molar-refractivity contribution in [2.75, 3.05) is 7.11 Å². The molecule has 0 saturated heterocycles. The van der Waals surface area contributed by atoms with E-state index in [2.05, 4.69) is 15.5 Å². The van der Waals surface area contributed by atoms with Crippen molar-refractivity contribution in [1.29, 1.82) is 0 Å². The van der Waals surface area contributed by atoms with Gasteiger partial charge in [-0.2, -0.15) is 5.10 Å². The Morgan fingerprint density at radius 3 is 2.78 bits per heavy atom. The maximum absolute atomic E-state index is 12.1. The van der Waals surface area contributed by atoms with E-state index >= 15 is 0 Å². The van der Waals surface area contributed by atoms with Crippen molar-refractivity contribution in [1.82, 2.24) is 10.4 Å². The summed E-state index contributed by atoms with van der Waals surface area (Å²) in [5.41, 5.74) is 5.13. The lowest BCUT2D eigenvalue weighted by Crippen LogP contribution is -2.13. The van der Waals surface area contributed by atoms with E-state index in [4.69, 9.17) is 4.74 Å². The molecule has 2 aromatic carbocycles. The number of fused-ring (bicyclic) bond motifs is 1. The van der Waals surface area contributed by atoms with Gasteiger partial charge in [0.15, 0.2) is 0 Å². The minimum Gasteiger partial charge on any atom is -0.497 e. The summed E-state index contributed by atoms with van der Waals surface area (Å²) in [7, 11) is 1.60. The smallest absolute Gasteiger partial charge is 0.257 e. The molecule has 1 aromatic heterocycles. The van der Waals surface area contributed by atoms with Crippen LogP contribution in [0.2, 0.25) is 0 Å². The van der Waals surface area contributed by atoms with E-state index in [1.165, 1.54) is 6.21 Å². The minimum atomic E-state index is -0.184. The molecule has 0 aliphatic rings. The summed E-state index contributed by atoms with van der Waals surface area (Å²) in [5.74, 6) is 0.707. The van der Waals surface area contributed by atoms with Crippen molar-refractivity contribution >= 4 is 17.1 Å². The third-order valence-electron chi connectivity index (χ3n) is 3.50. The molecule has 0 unspecified atom stereocenters. The van der Waals surface area contributed by atoms with E-state index in [0.717, 1.165) is 16.5 Å². The number of ether oxygens (including phenoxy) is 1. The Balaban J connectivity index is 1.76. The van der Waals surface area contributed by atoms with Gasteiger partial charge in [0, 0.05) is 6.07 Å². The Bertz CT molecular complexity index is 886. The molecular weight excluding hydrogens is 290 g/mol. The predicted octanol–water partition coefficient (Wildman–Crippen LogP) is 2.66. The van der Waals surface area contributed by atoms with E-state index in [1.807, 2.05) is 42.5 Å². The van der Waals surface area contributed by atoms with Gasteiger partial charge in [0.25, 0.3) is 5.56 Å². The van der Waals surface area contributed by atoms with Gasteiger partial charge < -0.3 is 15.1 Å². The molecule has 1 heterocycles. The lowest BCUT2D eigenvalue weighted by Gasteiger charge is -2.03. The minimum absolute atomic E-state index is 0.184. The zero-order valence-corrected chi connectivity index (χ0v) is 12.7. The Morgan fingerprint density at radius 1 is 1.17 bits per heavy atom. The number of pyridine rings is 1. The van der Waals surface area contributed by atoms with E-state index in [9.17, 15) is 4.79 Å². The normalized spacial score (nSPS) is 11.0. The first-order valence-electron chi connectivity index (χ1n) is 7.27. The van der Waals surface area contributed by atoms with Crippen molar-refractivity contribution in [3.05, 3.63) is 76.1 Å². The third kappa shape index (κ3) is 3.58. The second-order valence-corrected chi connectivity index (χ2v) is 5.09. The van der Waals surface area contributed by atoms with Gasteiger partial charge in [-0.25, -0.2) is 0 Å². The number of methoxy groups -OCH3 is 1. The fraction of sp³-hybridized carbons (Fsp3) is 0.111. The summed E-state index contributed by atoms with van der Waals surface area (Å²) in [6.45, 7) is 0.611. The van der Waals surface area contributed by atoms with Crippen molar-refractivity contribution in [3.8, 4) is 5.75 Å². The monoisotopic (exact) mass is 307 g/mol. The summed E-state index contributed by atoms with van der Waals surface area (Å²) in [6, 6.07) is 17.3. The molecule has 5 nitrogen and oxygen atoms in total. The third-order valence-corrected chi connectivity index (χ3v) is 3.50. The SMILES string of the molecule is COc1ccc2cc(C=NNCc3ccccc3)c(=O)[nH]c2c1. The van der Waals surface area contributed by atoms with Crippen LogP contribution in [-0.2, 0) is 6.54 Å². The van der Waals surface area contributed by atoms with Gasteiger partial charge in [0.1, 0.15) is 5.75 Å². The summed E-state index contributed by atoms with van der Waals surface area (Å²) < 4.78 is 5.16. The molecule has 0 aliphatic heterocycles. The molecule has 3 aromatic rings. The number of hydrogen-bond donors (Lipinski definition) is 2. The van der Waals surface area contributed by atoms with Gasteiger partial charge in [-0.15, -0.1) is 0 Å². The summed E-state index contributed by atoms with van der Waals surface area (Å²) >= 11 is 0. The Morgan fingerprint density at radius 2 is 2.00 bits per heavy atom. The average molecular weight is 307 g/mol. The number of rotatable bonds is 5. The molecule has 0 amide bonds. The van der Waals surface area contributed by atoms with Crippen LogP contribution in [-0.4, -0.2) is 18.3 Å². The largest absolute Gasteiger partial charge is 0.497 e.